The molecule has 0 amide bonds. The Labute approximate surface area is 144 Å². The van der Waals surface area contributed by atoms with Crippen molar-refractivity contribution in [2.75, 3.05) is 13.7 Å². The fourth-order valence-corrected chi connectivity index (χ4v) is 3.65. The zero-order valence-electron chi connectivity index (χ0n) is 13.6. The topological polar surface area (TPSA) is 73.5 Å². The first-order valence-corrected chi connectivity index (χ1v) is 8.20. The molecule has 0 saturated carbocycles. The lowest BCUT2D eigenvalue weighted by molar-refractivity contribution is 0.186. The van der Waals surface area contributed by atoms with Crippen LogP contribution in [0.15, 0.2) is 21.5 Å². The Morgan fingerprint density at radius 3 is 2.44 bits per heavy atom. The van der Waals surface area contributed by atoms with Crippen molar-refractivity contribution in [2.45, 2.75) is 33.0 Å². The number of aryl methyl sites for hydroxylation is 1. The second kappa shape index (κ2) is 7.98. The lowest BCUT2D eigenvalue weighted by Gasteiger charge is -2.11. The van der Waals surface area contributed by atoms with Gasteiger partial charge < -0.3 is 9.84 Å². The molecule has 2 aromatic heterocycles. The van der Waals surface area contributed by atoms with Gasteiger partial charge in [-0.2, -0.15) is 8.78 Å². The first-order valence-electron chi connectivity index (χ1n) is 7.38. The second-order valence-electron chi connectivity index (χ2n) is 5.29. The van der Waals surface area contributed by atoms with Gasteiger partial charge in [0, 0.05) is 25.0 Å². The summed E-state index contributed by atoms with van der Waals surface area (Å²) in [6.07, 6.45) is -3.23. The fraction of sp³-hybridized carbons (Fsp3) is 0.467. The molecule has 0 spiro atoms. The molecule has 0 saturated heterocycles. The molecule has 0 atom stereocenters. The van der Waals surface area contributed by atoms with E-state index in [4.69, 9.17) is 4.74 Å². The summed E-state index contributed by atoms with van der Waals surface area (Å²) in [7, 11) is 1.45. The van der Waals surface area contributed by atoms with E-state index < -0.39 is 36.1 Å². The monoisotopic (exact) mass is 378 g/mol. The number of thiophene rings is 1. The van der Waals surface area contributed by atoms with Crippen LogP contribution in [0.4, 0.5) is 13.2 Å². The number of ether oxygens (including phenoxy) is 1. The quantitative estimate of drug-likeness (QED) is 0.801. The van der Waals surface area contributed by atoms with Crippen molar-refractivity contribution >= 4 is 21.6 Å². The summed E-state index contributed by atoms with van der Waals surface area (Å²) in [6, 6.07) is 0. The smallest absolute Gasteiger partial charge is 0.332 e. The van der Waals surface area contributed by atoms with Crippen molar-refractivity contribution in [3.63, 3.8) is 0 Å². The van der Waals surface area contributed by atoms with E-state index >= 15 is 0 Å². The number of hydrogen-bond donors (Lipinski definition) is 1. The molecule has 0 aliphatic heterocycles. The number of aromatic nitrogens is 2. The maximum absolute atomic E-state index is 13.1. The first kappa shape index (κ1) is 19.4. The van der Waals surface area contributed by atoms with Crippen LogP contribution in [0.3, 0.4) is 0 Å². The number of allylic oxidation sites excluding steroid dienone is 1. The number of aliphatic hydroxyl groups excluding tert-OH is 1. The van der Waals surface area contributed by atoms with Crippen LogP contribution < -0.4 is 11.2 Å². The molecule has 0 aromatic carbocycles. The highest BCUT2D eigenvalue weighted by molar-refractivity contribution is 7.18. The van der Waals surface area contributed by atoms with Gasteiger partial charge >= 0.3 is 11.8 Å². The standard InChI is InChI=1S/C15H17F3N2O4S/c1-8-10(7-21)25-14-11(8)13(22)19(4-3-9(16)12(17)18)15(23)20(14)5-6-24-2/h21H,3-7H2,1-2H3. The van der Waals surface area contributed by atoms with Crippen molar-refractivity contribution in [3.05, 3.63) is 43.2 Å². The van der Waals surface area contributed by atoms with E-state index in [1.807, 2.05) is 0 Å². The van der Waals surface area contributed by atoms with Crippen LogP contribution in [-0.2, 0) is 24.4 Å². The van der Waals surface area contributed by atoms with Gasteiger partial charge in [0.1, 0.15) is 4.83 Å². The highest BCUT2D eigenvalue weighted by Gasteiger charge is 2.20. The Balaban J connectivity index is 2.69. The van der Waals surface area contributed by atoms with Crippen molar-refractivity contribution in [1.29, 1.82) is 0 Å². The van der Waals surface area contributed by atoms with E-state index in [0.717, 1.165) is 15.9 Å². The Morgan fingerprint density at radius 2 is 1.88 bits per heavy atom. The van der Waals surface area contributed by atoms with Crippen molar-refractivity contribution < 1.29 is 23.0 Å². The van der Waals surface area contributed by atoms with Gasteiger partial charge in [0.2, 0.25) is 0 Å². The summed E-state index contributed by atoms with van der Waals surface area (Å²) in [5.41, 5.74) is -0.901. The number of aliphatic hydroxyl groups is 1. The Hall–Kier alpha value is -1.91. The van der Waals surface area contributed by atoms with Crippen LogP contribution in [0.5, 0.6) is 0 Å². The van der Waals surface area contributed by atoms with E-state index in [2.05, 4.69) is 0 Å². The summed E-state index contributed by atoms with van der Waals surface area (Å²) in [4.78, 5) is 26.1. The number of rotatable bonds is 7. The zero-order chi connectivity index (χ0) is 18.7. The Bertz CT molecular complexity index is 925. The SMILES string of the molecule is COCCn1c(=O)n(CCC(F)=C(F)F)c(=O)c2c(C)c(CO)sc21. The first-order chi connectivity index (χ1) is 11.8. The molecule has 0 radical (unpaired) electrons. The van der Waals surface area contributed by atoms with Crippen LogP contribution in [0, 0.1) is 6.92 Å². The summed E-state index contributed by atoms with van der Waals surface area (Å²) in [5.74, 6) is -1.66. The largest absolute Gasteiger partial charge is 0.391 e. The van der Waals surface area contributed by atoms with Gasteiger partial charge in [-0.25, -0.2) is 9.18 Å². The molecule has 0 aliphatic rings. The molecular weight excluding hydrogens is 361 g/mol. The lowest BCUT2D eigenvalue weighted by Crippen LogP contribution is -2.40. The molecule has 0 unspecified atom stereocenters. The normalized spacial score (nSPS) is 11.3. The number of fused-ring (bicyclic) bond motifs is 1. The molecule has 138 valence electrons. The van der Waals surface area contributed by atoms with Crippen molar-refractivity contribution in [1.82, 2.24) is 9.13 Å². The molecule has 2 aromatic rings. The number of halogens is 3. The summed E-state index contributed by atoms with van der Waals surface area (Å²) in [5, 5.41) is 9.62. The van der Waals surface area contributed by atoms with E-state index in [0.29, 0.717) is 15.3 Å². The zero-order valence-corrected chi connectivity index (χ0v) is 14.5. The third-order valence-corrected chi connectivity index (χ3v) is 5.12. The summed E-state index contributed by atoms with van der Waals surface area (Å²) in [6.45, 7) is 1.14. The van der Waals surface area contributed by atoms with Gasteiger partial charge in [-0.3, -0.25) is 13.9 Å². The highest BCUT2D eigenvalue weighted by Crippen LogP contribution is 2.27. The van der Waals surface area contributed by atoms with Gasteiger partial charge in [-0.05, 0) is 12.5 Å². The maximum Gasteiger partial charge on any atom is 0.332 e. The van der Waals surface area contributed by atoms with Crippen LogP contribution in [0.25, 0.3) is 10.2 Å². The van der Waals surface area contributed by atoms with E-state index in [1.54, 1.807) is 6.92 Å². The van der Waals surface area contributed by atoms with Gasteiger partial charge in [0.15, 0.2) is 5.83 Å². The molecule has 0 aliphatic carbocycles. The van der Waals surface area contributed by atoms with Gasteiger partial charge in [-0.1, -0.05) is 0 Å². The summed E-state index contributed by atoms with van der Waals surface area (Å²) >= 11 is 1.11. The van der Waals surface area contributed by atoms with Gasteiger partial charge in [-0.15, -0.1) is 11.3 Å². The number of hydrogen-bond acceptors (Lipinski definition) is 5. The third kappa shape index (κ3) is 3.70. The maximum atomic E-state index is 13.1. The molecule has 6 nitrogen and oxygen atoms in total. The highest BCUT2D eigenvalue weighted by atomic mass is 32.1. The minimum Gasteiger partial charge on any atom is -0.391 e. The average molecular weight is 378 g/mol. The molecular formula is C15H17F3N2O4S. The van der Waals surface area contributed by atoms with Crippen molar-refractivity contribution in [3.8, 4) is 0 Å². The third-order valence-electron chi connectivity index (χ3n) is 3.82. The Kier molecular flexibility index (Phi) is 6.20. The van der Waals surface area contributed by atoms with E-state index in [9.17, 15) is 27.9 Å². The van der Waals surface area contributed by atoms with Gasteiger partial charge in [0.05, 0.1) is 25.1 Å². The van der Waals surface area contributed by atoms with Crippen LogP contribution >= 0.6 is 11.3 Å². The van der Waals surface area contributed by atoms with E-state index in [-0.39, 0.29) is 25.1 Å². The predicted octanol–water partition coefficient (Wildman–Crippen LogP) is 2.14. The van der Waals surface area contributed by atoms with Gasteiger partial charge in [0.25, 0.3) is 5.56 Å². The molecule has 2 rings (SSSR count). The van der Waals surface area contributed by atoms with E-state index in [1.165, 1.54) is 11.7 Å². The van der Waals surface area contributed by atoms with Crippen molar-refractivity contribution in [2.24, 2.45) is 0 Å². The molecule has 0 bridgehead atoms. The summed E-state index contributed by atoms with van der Waals surface area (Å²) < 4.78 is 44.5. The minimum atomic E-state index is -2.47. The number of nitrogens with zero attached hydrogens (tertiary/aromatic N) is 2. The molecule has 2 heterocycles. The second-order valence-corrected chi connectivity index (χ2v) is 6.37. The number of methoxy groups -OCH3 is 1. The molecule has 0 fully saturated rings. The molecule has 1 N–H and O–H groups in total. The molecule has 25 heavy (non-hydrogen) atoms. The Morgan fingerprint density at radius 1 is 1.20 bits per heavy atom. The lowest BCUT2D eigenvalue weighted by atomic mass is 10.2. The predicted molar refractivity (Wildman–Crippen MR) is 87.8 cm³/mol. The molecule has 10 heteroatoms. The fourth-order valence-electron chi connectivity index (χ4n) is 2.47. The average Bonchev–Trinajstić information content (AvgIpc) is 2.91. The van der Waals surface area contributed by atoms with Crippen LogP contribution in [0.2, 0.25) is 0 Å². The minimum absolute atomic E-state index is 0.132. The van der Waals surface area contributed by atoms with Crippen LogP contribution in [-0.4, -0.2) is 28.0 Å². The van der Waals surface area contributed by atoms with Crippen LogP contribution in [0.1, 0.15) is 16.9 Å².